The van der Waals surface area contributed by atoms with Gasteiger partial charge in [0.15, 0.2) is 5.69 Å². The number of halogens is 3. The molecular weight excluding hydrogens is 233 g/mol. The van der Waals surface area contributed by atoms with Crippen LogP contribution in [0.4, 0.5) is 24.9 Å². The van der Waals surface area contributed by atoms with E-state index < -0.39 is 11.9 Å². The minimum atomic E-state index is -4.51. The van der Waals surface area contributed by atoms with Gasteiger partial charge in [-0.3, -0.25) is 0 Å². The van der Waals surface area contributed by atoms with Crippen molar-refractivity contribution < 1.29 is 13.2 Å². The van der Waals surface area contributed by atoms with Gasteiger partial charge in [-0.05, 0) is 11.8 Å². The second kappa shape index (κ2) is 3.48. The van der Waals surface area contributed by atoms with E-state index in [1.54, 1.807) is 0 Å². The number of nitrogens with two attached hydrogens (primary N) is 1. The fourth-order valence-electron chi connectivity index (χ4n) is 1.58. The second-order valence-corrected chi connectivity index (χ2v) is 4.88. The minimum Gasteiger partial charge on any atom is -0.368 e. The summed E-state index contributed by atoms with van der Waals surface area (Å²) in [5.74, 6) is -0.249. The van der Waals surface area contributed by atoms with Gasteiger partial charge in [-0.15, -0.1) is 0 Å². The van der Waals surface area contributed by atoms with Gasteiger partial charge in [0, 0.05) is 12.1 Å². The first-order valence-corrected chi connectivity index (χ1v) is 5.17. The highest BCUT2D eigenvalue weighted by molar-refractivity contribution is 5.44. The molecule has 0 saturated heterocycles. The lowest BCUT2D eigenvalue weighted by Crippen LogP contribution is -2.15. The lowest BCUT2D eigenvalue weighted by molar-refractivity contribution is -0.141. The Morgan fingerprint density at radius 2 is 2.00 bits per heavy atom. The summed E-state index contributed by atoms with van der Waals surface area (Å²) in [7, 11) is 0. The van der Waals surface area contributed by atoms with Gasteiger partial charge in [-0.25, -0.2) is 4.98 Å². The van der Waals surface area contributed by atoms with Gasteiger partial charge in [0.05, 0.1) is 0 Å². The Labute approximate surface area is 96.4 Å². The number of rotatable bonds is 2. The van der Waals surface area contributed by atoms with E-state index in [2.05, 4.69) is 15.3 Å². The third-order valence-corrected chi connectivity index (χ3v) is 2.87. The van der Waals surface area contributed by atoms with Gasteiger partial charge in [0.1, 0.15) is 5.82 Å². The fraction of sp³-hybridized carbons (Fsp3) is 0.600. The summed E-state index contributed by atoms with van der Waals surface area (Å²) in [4.78, 5) is 6.92. The zero-order chi connectivity index (χ0) is 12.8. The predicted octanol–water partition coefficient (Wildman–Crippen LogP) is 2.29. The van der Waals surface area contributed by atoms with Gasteiger partial charge in [-0.1, -0.05) is 13.8 Å². The Morgan fingerprint density at radius 1 is 1.41 bits per heavy atom. The number of nitrogens with one attached hydrogen (secondary N) is 1. The summed E-state index contributed by atoms with van der Waals surface area (Å²) in [5.41, 5.74) is 4.33. The number of nitrogen functional groups attached to an aromatic ring is 1. The second-order valence-electron chi connectivity index (χ2n) is 4.88. The van der Waals surface area contributed by atoms with Crippen LogP contribution in [0.25, 0.3) is 0 Å². The van der Waals surface area contributed by atoms with E-state index in [-0.39, 0.29) is 23.2 Å². The molecule has 1 heterocycles. The van der Waals surface area contributed by atoms with Crippen molar-refractivity contribution in [2.24, 2.45) is 5.41 Å². The summed E-state index contributed by atoms with van der Waals surface area (Å²) < 4.78 is 37.4. The number of anilines is 2. The summed E-state index contributed by atoms with van der Waals surface area (Å²) in [6.07, 6.45) is -3.61. The SMILES string of the molecule is CC1(C)CC1Nc1cc(C(F)(F)F)nc(N)n1. The summed E-state index contributed by atoms with van der Waals surface area (Å²) in [6.45, 7) is 4.06. The topological polar surface area (TPSA) is 63.8 Å². The molecule has 1 aliphatic carbocycles. The van der Waals surface area contributed by atoms with Crippen LogP contribution < -0.4 is 11.1 Å². The van der Waals surface area contributed by atoms with Crippen molar-refractivity contribution in [3.05, 3.63) is 11.8 Å². The van der Waals surface area contributed by atoms with Crippen molar-refractivity contribution in [3.8, 4) is 0 Å². The summed E-state index contributed by atoms with van der Waals surface area (Å²) in [6, 6.07) is 1.02. The van der Waals surface area contributed by atoms with E-state index in [1.165, 1.54) is 0 Å². The van der Waals surface area contributed by atoms with Gasteiger partial charge in [0.25, 0.3) is 0 Å². The maximum atomic E-state index is 12.5. The van der Waals surface area contributed by atoms with Crippen LogP contribution in [-0.4, -0.2) is 16.0 Å². The Hall–Kier alpha value is -1.53. The Balaban J connectivity index is 2.21. The van der Waals surface area contributed by atoms with E-state index in [0.717, 1.165) is 12.5 Å². The number of hydrogen-bond acceptors (Lipinski definition) is 4. The molecule has 0 bridgehead atoms. The van der Waals surface area contributed by atoms with Crippen LogP contribution in [0.2, 0.25) is 0 Å². The molecule has 0 aliphatic heterocycles. The van der Waals surface area contributed by atoms with Gasteiger partial charge in [0.2, 0.25) is 5.95 Å². The minimum absolute atomic E-state index is 0.0953. The molecule has 3 N–H and O–H groups in total. The van der Waals surface area contributed by atoms with Crippen LogP contribution in [0.5, 0.6) is 0 Å². The maximum Gasteiger partial charge on any atom is 0.433 e. The van der Waals surface area contributed by atoms with Gasteiger partial charge in [-0.2, -0.15) is 18.2 Å². The third kappa shape index (κ3) is 2.59. The Morgan fingerprint density at radius 3 is 2.47 bits per heavy atom. The molecule has 0 aromatic carbocycles. The predicted molar refractivity (Wildman–Crippen MR) is 57.3 cm³/mol. The third-order valence-electron chi connectivity index (χ3n) is 2.87. The van der Waals surface area contributed by atoms with E-state index in [9.17, 15) is 13.2 Å². The summed E-state index contributed by atoms with van der Waals surface area (Å²) in [5, 5.41) is 2.93. The molecule has 4 nitrogen and oxygen atoms in total. The first kappa shape index (κ1) is 11.9. The van der Waals surface area contributed by atoms with Crippen molar-refractivity contribution in [2.45, 2.75) is 32.5 Å². The maximum absolute atomic E-state index is 12.5. The smallest absolute Gasteiger partial charge is 0.368 e. The van der Waals surface area contributed by atoms with E-state index >= 15 is 0 Å². The number of nitrogens with zero attached hydrogens (tertiary/aromatic N) is 2. The Bertz CT molecular complexity index is 442. The van der Waals surface area contributed by atoms with Crippen LogP contribution in [0, 0.1) is 5.41 Å². The average Bonchev–Trinajstić information content (AvgIpc) is 2.70. The van der Waals surface area contributed by atoms with Crippen molar-refractivity contribution in [2.75, 3.05) is 11.1 Å². The van der Waals surface area contributed by atoms with Gasteiger partial charge >= 0.3 is 6.18 Å². The van der Waals surface area contributed by atoms with Crippen LogP contribution in [0.15, 0.2) is 6.07 Å². The lowest BCUT2D eigenvalue weighted by atomic mass is 10.2. The van der Waals surface area contributed by atoms with Crippen molar-refractivity contribution >= 4 is 11.8 Å². The first-order valence-electron chi connectivity index (χ1n) is 5.17. The Kier molecular flexibility index (Phi) is 2.44. The molecule has 0 radical (unpaired) electrons. The molecule has 1 aliphatic rings. The number of hydrogen-bond donors (Lipinski definition) is 2. The number of aromatic nitrogens is 2. The number of alkyl halides is 3. The molecule has 7 heteroatoms. The average molecular weight is 246 g/mol. The van der Waals surface area contributed by atoms with E-state index in [0.29, 0.717) is 0 Å². The molecule has 1 atom stereocenters. The molecule has 1 unspecified atom stereocenters. The highest BCUT2D eigenvalue weighted by Crippen LogP contribution is 2.46. The highest BCUT2D eigenvalue weighted by Gasteiger charge is 2.46. The van der Waals surface area contributed by atoms with E-state index in [4.69, 9.17) is 5.73 Å². The van der Waals surface area contributed by atoms with Gasteiger partial charge < -0.3 is 11.1 Å². The molecular formula is C10H13F3N4. The molecule has 1 fully saturated rings. The normalized spacial score (nSPS) is 22.3. The van der Waals surface area contributed by atoms with Crippen molar-refractivity contribution in [1.82, 2.24) is 9.97 Å². The molecule has 1 aromatic rings. The van der Waals surface area contributed by atoms with Crippen molar-refractivity contribution in [3.63, 3.8) is 0 Å². The standard InChI is InChI=1S/C10H13F3N4/c1-9(2)4-6(9)15-7-3-5(10(11,12)13)16-8(14)17-7/h3,6H,4H2,1-2H3,(H3,14,15,16,17). The van der Waals surface area contributed by atoms with E-state index in [1.807, 2.05) is 13.8 Å². The first-order chi connectivity index (χ1) is 7.68. The molecule has 1 saturated carbocycles. The summed E-state index contributed by atoms with van der Waals surface area (Å²) >= 11 is 0. The molecule has 0 amide bonds. The molecule has 2 rings (SSSR count). The largest absolute Gasteiger partial charge is 0.433 e. The van der Waals surface area contributed by atoms with Crippen LogP contribution in [-0.2, 0) is 6.18 Å². The lowest BCUT2D eigenvalue weighted by Gasteiger charge is -2.11. The van der Waals surface area contributed by atoms with Crippen molar-refractivity contribution in [1.29, 1.82) is 0 Å². The van der Waals surface area contributed by atoms with Crippen LogP contribution in [0.1, 0.15) is 26.0 Å². The molecule has 17 heavy (non-hydrogen) atoms. The fourth-order valence-corrected chi connectivity index (χ4v) is 1.58. The quantitative estimate of drug-likeness (QED) is 0.840. The highest BCUT2D eigenvalue weighted by atomic mass is 19.4. The molecule has 0 spiro atoms. The monoisotopic (exact) mass is 246 g/mol. The van der Waals surface area contributed by atoms with Crippen LogP contribution >= 0.6 is 0 Å². The zero-order valence-electron chi connectivity index (χ0n) is 9.47. The molecule has 94 valence electrons. The zero-order valence-corrected chi connectivity index (χ0v) is 9.47. The molecule has 1 aromatic heterocycles. The van der Waals surface area contributed by atoms with Crippen LogP contribution in [0.3, 0.4) is 0 Å².